The van der Waals surface area contributed by atoms with Gasteiger partial charge in [-0.1, -0.05) is 0 Å². The lowest BCUT2D eigenvalue weighted by molar-refractivity contribution is -0.117. The van der Waals surface area contributed by atoms with Crippen LogP contribution in [0.3, 0.4) is 0 Å². The first-order valence-corrected chi connectivity index (χ1v) is 7.02. The third kappa shape index (κ3) is 2.49. The Balaban J connectivity index is 2.32. The standard InChI is InChI=1S/C10H14N4O3S/c1-6-3-7(2)13-10(12-6)14-5-8(4-9(14)15)18(11,16)17/h3,8H,4-5H2,1-2H3,(H2,11,16,17). The molecule has 98 valence electrons. The average molecular weight is 270 g/mol. The lowest BCUT2D eigenvalue weighted by Crippen LogP contribution is -2.33. The second kappa shape index (κ2) is 4.29. The zero-order chi connectivity index (χ0) is 13.5. The molecule has 0 spiro atoms. The number of hydrogen-bond acceptors (Lipinski definition) is 5. The van der Waals surface area contributed by atoms with Crippen molar-refractivity contribution >= 4 is 21.9 Å². The largest absolute Gasteiger partial charge is 0.279 e. The van der Waals surface area contributed by atoms with Gasteiger partial charge < -0.3 is 0 Å². The number of aromatic nitrogens is 2. The van der Waals surface area contributed by atoms with Gasteiger partial charge in [-0.15, -0.1) is 0 Å². The Bertz CT molecular complexity index is 579. The fourth-order valence-electron chi connectivity index (χ4n) is 1.92. The van der Waals surface area contributed by atoms with Gasteiger partial charge in [0.2, 0.25) is 21.9 Å². The van der Waals surface area contributed by atoms with Gasteiger partial charge in [-0.25, -0.2) is 23.5 Å². The Kier molecular flexibility index (Phi) is 3.07. The molecule has 7 nitrogen and oxygen atoms in total. The summed E-state index contributed by atoms with van der Waals surface area (Å²) in [5.41, 5.74) is 1.45. The summed E-state index contributed by atoms with van der Waals surface area (Å²) in [7, 11) is -3.71. The molecule has 0 radical (unpaired) electrons. The minimum Gasteiger partial charge on any atom is -0.279 e. The molecule has 2 heterocycles. The Morgan fingerprint density at radius 2 is 1.89 bits per heavy atom. The van der Waals surface area contributed by atoms with Crippen molar-refractivity contribution in [3.8, 4) is 0 Å². The number of hydrogen-bond donors (Lipinski definition) is 1. The van der Waals surface area contributed by atoms with Crippen LogP contribution in [0.5, 0.6) is 0 Å². The van der Waals surface area contributed by atoms with Crippen molar-refractivity contribution in [3.63, 3.8) is 0 Å². The van der Waals surface area contributed by atoms with E-state index in [1.165, 1.54) is 4.90 Å². The van der Waals surface area contributed by atoms with Crippen LogP contribution in [0.4, 0.5) is 5.95 Å². The summed E-state index contributed by atoms with van der Waals surface area (Å²) in [5.74, 6) is -0.0809. The maximum atomic E-state index is 11.8. The van der Waals surface area contributed by atoms with Crippen LogP contribution in [0.2, 0.25) is 0 Å². The minimum absolute atomic E-state index is 0.0144. The topological polar surface area (TPSA) is 106 Å². The van der Waals surface area contributed by atoms with E-state index in [1.807, 2.05) is 0 Å². The number of carbonyl (C=O) groups is 1. The molecule has 0 bridgehead atoms. The van der Waals surface area contributed by atoms with Crippen molar-refractivity contribution in [1.82, 2.24) is 9.97 Å². The van der Waals surface area contributed by atoms with Gasteiger partial charge in [0, 0.05) is 24.4 Å². The number of nitrogens with zero attached hydrogens (tertiary/aromatic N) is 3. The van der Waals surface area contributed by atoms with Gasteiger partial charge >= 0.3 is 0 Å². The van der Waals surface area contributed by atoms with Crippen LogP contribution >= 0.6 is 0 Å². The lowest BCUT2D eigenvalue weighted by atomic mass is 10.3. The molecule has 1 fully saturated rings. The molecule has 2 rings (SSSR count). The van der Waals surface area contributed by atoms with Crippen molar-refractivity contribution in [3.05, 3.63) is 17.5 Å². The van der Waals surface area contributed by atoms with Crippen molar-refractivity contribution in [1.29, 1.82) is 0 Å². The summed E-state index contributed by atoms with van der Waals surface area (Å²) in [6.07, 6.45) is -0.116. The quantitative estimate of drug-likeness (QED) is 0.778. The van der Waals surface area contributed by atoms with Crippen molar-refractivity contribution in [2.24, 2.45) is 5.14 Å². The molecule has 0 saturated carbocycles. The first kappa shape index (κ1) is 12.9. The fourth-order valence-corrected chi connectivity index (χ4v) is 2.65. The van der Waals surface area contributed by atoms with Gasteiger partial charge in [0.15, 0.2) is 0 Å². The number of rotatable bonds is 2. The molecule has 18 heavy (non-hydrogen) atoms. The Morgan fingerprint density at radius 1 is 1.33 bits per heavy atom. The van der Waals surface area contributed by atoms with Crippen molar-refractivity contribution in [2.45, 2.75) is 25.5 Å². The molecule has 1 saturated heterocycles. The summed E-state index contributed by atoms with van der Waals surface area (Å²) in [6.45, 7) is 3.59. The SMILES string of the molecule is Cc1cc(C)nc(N2CC(S(N)(=O)=O)CC2=O)n1. The molecule has 0 aromatic carbocycles. The Hall–Kier alpha value is -1.54. The van der Waals surface area contributed by atoms with Crippen LogP contribution < -0.4 is 10.0 Å². The summed E-state index contributed by atoms with van der Waals surface area (Å²) >= 11 is 0. The molecule has 1 aromatic heterocycles. The first-order valence-electron chi connectivity index (χ1n) is 5.41. The highest BCUT2D eigenvalue weighted by Gasteiger charge is 2.38. The summed E-state index contributed by atoms with van der Waals surface area (Å²) in [6, 6.07) is 1.78. The minimum atomic E-state index is -3.71. The Morgan fingerprint density at radius 3 is 2.33 bits per heavy atom. The van der Waals surface area contributed by atoms with Crippen LogP contribution in [0.25, 0.3) is 0 Å². The second-order valence-corrected chi connectivity index (χ2v) is 6.21. The molecule has 1 aliphatic rings. The molecule has 1 aromatic rings. The number of anilines is 1. The highest BCUT2D eigenvalue weighted by atomic mass is 32.2. The van der Waals surface area contributed by atoms with Gasteiger partial charge in [0.1, 0.15) is 5.25 Å². The molecule has 1 amide bonds. The van der Waals surface area contributed by atoms with E-state index in [1.54, 1.807) is 19.9 Å². The van der Waals surface area contributed by atoms with Crippen molar-refractivity contribution < 1.29 is 13.2 Å². The van der Waals surface area contributed by atoms with Gasteiger partial charge in [0.05, 0.1) is 0 Å². The van der Waals surface area contributed by atoms with E-state index >= 15 is 0 Å². The molecule has 1 unspecified atom stereocenters. The number of nitrogens with two attached hydrogens (primary N) is 1. The zero-order valence-electron chi connectivity index (χ0n) is 10.1. The van der Waals surface area contributed by atoms with Gasteiger partial charge in [-0.3, -0.25) is 9.69 Å². The highest BCUT2D eigenvalue weighted by molar-refractivity contribution is 7.89. The Labute approximate surface area is 105 Å². The predicted molar refractivity (Wildman–Crippen MR) is 65.4 cm³/mol. The van der Waals surface area contributed by atoms with Crippen LogP contribution in [0, 0.1) is 13.8 Å². The maximum absolute atomic E-state index is 11.8. The average Bonchev–Trinajstić information content (AvgIpc) is 2.58. The van der Waals surface area contributed by atoms with Crippen LogP contribution in [-0.2, 0) is 14.8 Å². The van der Waals surface area contributed by atoms with Crippen LogP contribution in [-0.4, -0.2) is 36.1 Å². The fraction of sp³-hybridized carbons (Fsp3) is 0.500. The van der Waals surface area contributed by atoms with E-state index in [0.29, 0.717) is 0 Å². The summed E-state index contributed by atoms with van der Waals surface area (Å²) in [4.78, 5) is 21.3. The first-order chi connectivity index (χ1) is 8.27. The molecule has 0 aliphatic carbocycles. The highest BCUT2D eigenvalue weighted by Crippen LogP contribution is 2.21. The number of amides is 1. The van der Waals surface area contributed by atoms with Gasteiger partial charge in [0.25, 0.3) is 0 Å². The monoisotopic (exact) mass is 270 g/mol. The van der Waals surface area contributed by atoms with E-state index in [2.05, 4.69) is 9.97 Å². The molecule has 2 N–H and O–H groups in total. The molecule has 1 atom stereocenters. The molecular formula is C10H14N4O3S. The van der Waals surface area contributed by atoms with E-state index < -0.39 is 15.3 Å². The number of carbonyl (C=O) groups excluding carboxylic acids is 1. The smallest absolute Gasteiger partial charge is 0.232 e. The molecule has 1 aliphatic heterocycles. The predicted octanol–water partition coefficient (Wildman–Crippen LogP) is -0.513. The van der Waals surface area contributed by atoms with E-state index in [0.717, 1.165) is 11.4 Å². The number of aryl methyl sites for hydroxylation is 2. The summed E-state index contributed by atoms with van der Waals surface area (Å²) in [5, 5.41) is 4.18. The third-order valence-corrected chi connectivity index (χ3v) is 4.01. The zero-order valence-corrected chi connectivity index (χ0v) is 10.9. The molecular weight excluding hydrogens is 256 g/mol. The van der Waals surface area contributed by atoms with E-state index in [4.69, 9.17) is 5.14 Å². The van der Waals surface area contributed by atoms with E-state index in [9.17, 15) is 13.2 Å². The number of sulfonamides is 1. The van der Waals surface area contributed by atoms with Crippen molar-refractivity contribution in [2.75, 3.05) is 11.4 Å². The van der Waals surface area contributed by atoms with Gasteiger partial charge in [-0.05, 0) is 19.9 Å². The molecule has 8 heteroatoms. The van der Waals surface area contributed by atoms with E-state index in [-0.39, 0.29) is 24.8 Å². The third-order valence-electron chi connectivity index (χ3n) is 2.77. The lowest BCUT2D eigenvalue weighted by Gasteiger charge is -2.14. The normalized spacial score (nSPS) is 20.5. The number of primary sulfonamides is 1. The second-order valence-electron chi connectivity index (χ2n) is 4.37. The van der Waals surface area contributed by atoms with Gasteiger partial charge in [-0.2, -0.15) is 0 Å². The van der Waals surface area contributed by atoms with Crippen LogP contribution in [0.1, 0.15) is 17.8 Å². The maximum Gasteiger partial charge on any atom is 0.232 e. The van der Waals surface area contributed by atoms with Crippen LogP contribution in [0.15, 0.2) is 6.07 Å². The summed E-state index contributed by atoms with van der Waals surface area (Å²) < 4.78 is 22.5.